The molecule has 30 heteroatoms. The number of morpholine rings is 1. The van der Waals surface area contributed by atoms with Crippen LogP contribution in [-0.2, 0) is 4.74 Å². The average molecular weight is 1660 g/mol. The molecule has 0 bridgehead atoms. The Morgan fingerprint density at radius 2 is 0.766 bits per heavy atom. The molecule has 30 nitrogen and oxygen atoms in total. The molecule has 0 spiro atoms. The molecule has 0 amide bonds. The van der Waals surface area contributed by atoms with Crippen molar-refractivity contribution in [1.82, 2.24) is 110 Å². The van der Waals surface area contributed by atoms with Crippen molar-refractivity contribution in [2.75, 3.05) is 129 Å². The number of rotatable bonds is 10. The van der Waals surface area contributed by atoms with E-state index >= 15 is 0 Å². The van der Waals surface area contributed by atoms with Crippen LogP contribution in [-0.4, -0.2) is 236 Å². The Balaban J connectivity index is 0.000000109. The number of likely N-dealkylation sites (N-methyl/N-ethyl adjacent to an activating group) is 2. The Labute approximate surface area is 715 Å². The fourth-order valence-corrected chi connectivity index (χ4v) is 18.1. The average Bonchev–Trinajstić information content (AvgIpc) is 1.33. The fraction of sp³-hybridized carbons (Fsp3) is 0.340. The molecule has 632 valence electrons. The van der Waals surface area contributed by atoms with E-state index < -0.39 is 0 Å². The third-order valence-corrected chi connectivity index (χ3v) is 24.9. The van der Waals surface area contributed by atoms with E-state index in [2.05, 4.69) is 109 Å². The number of piperidine rings is 2. The quantitative estimate of drug-likeness (QED) is 0.133. The lowest BCUT2D eigenvalue weighted by atomic mass is 10.0. The number of hydrogen-bond donors (Lipinski definition) is 1. The Bertz CT molecular complexity index is 7100. The van der Waals surface area contributed by atoms with Crippen LogP contribution in [0.2, 0.25) is 0 Å². The van der Waals surface area contributed by atoms with Crippen molar-refractivity contribution in [2.24, 2.45) is 0 Å². The first-order chi connectivity index (χ1) is 60.2. The number of pyridine rings is 6. The van der Waals surface area contributed by atoms with Crippen LogP contribution in [0.15, 0.2) is 202 Å². The van der Waals surface area contributed by atoms with Gasteiger partial charge in [-0.05, 0) is 208 Å². The summed E-state index contributed by atoms with van der Waals surface area (Å²) in [7, 11) is 4.32. The van der Waals surface area contributed by atoms with Crippen LogP contribution < -0.4 is 37.4 Å². The van der Waals surface area contributed by atoms with Gasteiger partial charge < -0.3 is 38.5 Å². The zero-order valence-corrected chi connectivity index (χ0v) is 71.3. The van der Waals surface area contributed by atoms with Crippen molar-refractivity contribution in [1.29, 1.82) is 0 Å². The van der Waals surface area contributed by atoms with Crippen molar-refractivity contribution < 1.29 is 4.74 Å². The summed E-state index contributed by atoms with van der Waals surface area (Å²) in [4.78, 5) is 103. The maximum absolute atomic E-state index is 13.1. The number of anilines is 2. The number of fused-ring (bicyclic) bond motifs is 8. The van der Waals surface area contributed by atoms with E-state index in [4.69, 9.17) is 24.7 Å². The summed E-state index contributed by atoms with van der Waals surface area (Å²) in [6, 6.07) is 35.3. The van der Waals surface area contributed by atoms with E-state index in [-0.39, 0.29) is 22.2 Å². The molecule has 4 fully saturated rings. The molecule has 0 radical (unpaired) electrons. The molecule has 0 aliphatic carbocycles. The predicted molar refractivity (Wildman–Crippen MR) is 484 cm³/mol. The molecule has 124 heavy (non-hydrogen) atoms. The molecule has 0 aromatic carbocycles. The molecular weight excluding hydrogens is 1560 g/mol. The predicted octanol–water partition coefficient (Wildman–Crippen LogP) is 10.3. The van der Waals surface area contributed by atoms with E-state index in [1.807, 2.05) is 184 Å². The molecule has 0 atom stereocenters. The lowest BCUT2D eigenvalue weighted by Crippen LogP contribution is -2.52. The summed E-state index contributed by atoms with van der Waals surface area (Å²) >= 11 is 0. The lowest BCUT2D eigenvalue weighted by Gasteiger charge is -2.42. The van der Waals surface area contributed by atoms with Gasteiger partial charge in [-0.3, -0.25) is 56.5 Å². The van der Waals surface area contributed by atoms with Gasteiger partial charge in [0, 0.05) is 182 Å². The van der Waals surface area contributed by atoms with Gasteiger partial charge in [0.2, 0.25) is 0 Å². The maximum atomic E-state index is 13.1. The van der Waals surface area contributed by atoms with Crippen molar-refractivity contribution in [3.05, 3.63) is 270 Å². The van der Waals surface area contributed by atoms with Gasteiger partial charge >= 0.3 is 0 Å². The van der Waals surface area contributed by atoms with Crippen LogP contribution in [0.1, 0.15) is 83.8 Å². The molecule has 6 aliphatic heterocycles. The van der Waals surface area contributed by atoms with Gasteiger partial charge in [0.15, 0.2) is 0 Å². The number of aromatic nitrogens is 18. The largest absolute Gasteiger partial charge is 0.379 e. The van der Waals surface area contributed by atoms with Gasteiger partial charge in [0.05, 0.1) is 105 Å². The highest BCUT2D eigenvalue weighted by molar-refractivity contribution is 5.73. The van der Waals surface area contributed by atoms with Gasteiger partial charge in [-0.15, -0.1) is 0 Å². The molecule has 6 aliphatic rings. The van der Waals surface area contributed by atoms with Gasteiger partial charge in [-0.2, -0.15) is 10.2 Å². The Morgan fingerprint density at radius 1 is 0.355 bits per heavy atom. The van der Waals surface area contributed by atoms with Crippen molar-refractivity contribution in [3.63, 3.8) is 0 Å². The number of hydrogen-bond acceptors (Lipinski definition) is 22. The second kappa shape index (κ2) is 34.3. The topological polar surface area (TPSA) is 273 Å². The molecule has 22 heterocycles. The van der Waals surface area contributed by atoms with Crippen LogP contribution in [0.5, 0.6) is 0 Å². The molecule has 0 saturated carbocycles. The zero-order valence-electron chi connectivity index (χ0n) is 71.3. The lowest BCUT2D eigenvalue weighted by molar-refractivity contribution is 0.0115. The molecule has 0 unspecified atom stereocenters. The van der Waals surface area contributed by atoms with Gasteiger partial charge in [0.25, 0.3) is 22.2 Å². The summed E-state index contributed by atoms with van der Waals surface area (Å²) in [5.41, 5.74) is 23.8. The molecule has 1 N–H and O–H groups in total. The molecule has 16 aromatic heterocycles. The van der Waals surface area contributed by atoms with Gasteiger partial charge in [-0.25, -0.2) is 38.9 Å². The Hall–Kier alpha value is -13.1. The van der Waals surface area contributed by atoms with E-state index in [0.717, 1.165) is 220 Å². The van der Waals surface area contributed by atoms with Crippen LogP contribution in [0.4, 0.5) is 11.4 Å². The first-order valence-electron chi connectivity index (χ1n) is 43.0. The minimum atomic E-state index is -0.104. The van der Waals surface area contributed by atoms with Crippen molar-refractivity contribution in [3.8, 4) is 45.3 Å². The smallest absolute Gasteiger partial charge is 0.258 e. The number of piperazine rings is 1. The van der Waals surface area contributed by atoms with E-state index in [1.165, 1.54) is 24.2 Å². The fourth-order valence-electron chi connectivity index (χ4n) is 18.1. The third-order valence-electron chi connectivity index (χ3n) is 24.9. The molecule has 22 rings (SSSR count). The minimum absolute atomic E-state index is 0.0720. The second-order valence-corrected chi connectivity index (χ2v) is 33.6. The number of nitrogens with one attached hydrogen (secondary N) is 1. The van der Waals surface area contributed by atoms with Gasteiger partial charge in [0.1, 0.15) is 45.3 Å². The van der Waals surface area contributed by atoms with Crippen LogP contribution in [0, 0.1) is 41.5 Å². The summed E-state index contributed by atoms with van der Waals surface area (Å²) in [6.07, 6.45) is 30.3. The third kappa shape index (κ3) is 17.0. The van der Waals surface area contributed by atoms with E-state index in [1.54, 1.807) is 46.4 Å². The normalized spacial score (nSPS) is 16.9. The molecular formula is C94H101N25O5. The number of nitrogens with zero attached hydrogens (tertiary/aromatic N) is 24. The summed E-state index contributed by atoms with van der Waals surface area (Å²) in [6.45, 7) is 28.0. The number of aryl methyl sites for hydroxylation is 6. The standard InChI is InChI=1S/C26H32N8O.C25H29N7O2.C22H21N5O.C21H19N5O/c1-18-16-34-24(19(2)27-18)14-23(29-34)22-15-26(35)33-17-21(4-5-25(33)28-22)31-8-6-20(7-9-31)32-12-10-30(3)11-13-32;1-17-15-32-23(18(2)26-17)13-22(28-32)21-14-25(33)31-16-20(3-4-24(31)27-21)29-7-5-19(6-8-29)30-9-11-34-12-10-30;1-15-12-26-13-18(4-5-20(26)23-15)19-11-22(28)27-14-17(3-6-21(27)24-19)16-7-9-25(2)10-8-16;1-14-11-25-12-17(3-4-19(25)23-14)18-10-21(27)26-13-16(2-5-20(26)24-18)15-6-8-22-9-7-15/h4-5,14-17,20H,6-13H2,1-3H3;3-4,13-16,19H,5-12H2,1-2H3;3-7,11-14H,8-10H2,1-2H3;2-6,10-13,22H,7-9H2,1H3. The molecule has 16 aromatic rings. The first kappa shape index (κ1) is 80.6. The van der Waals surface area contributed by atoms with Crippen molar-refractivity contribution >= 4 is 67.4 Å². The Kier molecular flexibility index (Phi) is 22.3. The summed E-state index contributed by atoms with van der Waals surface area (Å²) in [5, 5.41) is 12.6. The van der Waals surface area contributed by atoms with Gasteiger partial charge in [-0.1, -0.05) is 12.2 Å². The number of imidazole rings is 2. The van der Waals surface area contributed by atoms with Crippen molar-refractivity contribution in [2.45, 2.75) is 92.2 Å². The highest BCUT2D eigenvalue weighted by atomic mass is 16.5. The SMILES string of the molecule is Cc1cn2cc(-c3cc(=O)n4cc(C5=CCN(C)CC5)ccc4n3)ccc2n1.Cc1cn2cc(-c3cc(=O)n4cc(C5=CCNCC5)ccc4n3)ccc2n1.Cc1cn2nc(-c3cc(=O)n4cc(N5CCC(N6CCN(C)CC6)CC5)ccc4n3)cc2c(C)n1.Cc1cn2nc(-c3cc(=O)n4cc(N5CCC(N6CCOCC6)CC5)ccc4n3)cc2c(C)n1. The van der Waals surface area contributed by atoms with Crippen LogP contribution in [0.3, 0.4) is 0 Å². The van der Waals surface area contributed by atoms with Crippen LogP contribution in [0.25, 0.3) is 101 Å². The van der Waals surface area contributed by atoms with E-state index in [9.17, 15) is 19.2 Å². The minimum Gasteiger partial charge on any atom is -0.379 e. The number of ether oxygens (including phenoxy) is 1. The summed E-state index contributed by atoms with van der Waals surface area (Å²) in [5.74, 6) is 0. The summed E-state index contributed by atoms with van der Waals surface area (Å²) < 4.78 is 19.6. The highest BCUT2D eigenvalue weighted by Gasteiger charge is 2.30. The maximum Gasteiger partial charge on any atom is 0.258 e. The molecule has 4 saturated heterocycles. The van der Waals surface area contributed by atoms with E-state index in [0.29, 0.717) is 68.8 Å². The Morgan fingerprint density at radius 3 is 1.22 bits per heavy atom. The highest BCUT2D eigenvalue weighted by Crippen LogP contribution is 2.31. The zero-order chi connectivity index (χ0) is 85.0. The second-order valence-electron chi connectivity index (χ2n) is 33.6. The monoisotopic (exact) mass is 1660 g/mol. The first-order valence-corrected chi connectivity index (χ1v) is 43.0. The van der Waals surface area contributed by atoms with Crippen LogP contribution >= 0.6 is 0 Å².